The minimum Gasteiger partial charge on any atom is -0.199 e. The predicted octanol–water partition coefficient (Wildman–Crippen LogP) is 5.52. The van der Waals surface area contributed by atoms with Gasteiger partial charge in [0, 0.05) is 11.6 Å². The monoisotopic (exact) mass is 369 g/mol. The van der Waals surface area contributed by atoms with Crippen LogP contribution in [0.2, 0.25) is 0 Å². The molecule has 1 aromatic carbocycles. The normalized spacial score (nSPS) is 22.7. The van der Waals surface area contributed by atoms with Crippen LogP contribution in [0.15, 0.2) is 56.4 Å². The third-order valence-electron chi connectivity index (χ3n) is 6.21. The van der Waals surface area contributed by atoms with Crippen molar-refractivity contribution in [1.29, 1.82) is 0 Å². The summed E-state index contributed by atoms with van der Waals surface area (Å²) in [6.45, 7) is 1.95. The lowest BCUT2D eigenvalue weighted by Gasteiger charge is -2.33. The fraction of sp³-hybridized carbons (Fsp3) is 0.500. The molecule has 0 saturated heterocycles. The van der Waals surface area contributed by atoms with Gasteiger partial charge in [0.05, 0.1) is 4.90 Å². The van der Waals surface area contributed by atoms with E-state index in [1.54, 1.807) is 18.3 Å². The average Bonchev–Trinajstić information content (AvgIpc) is 2.93. The van der Waals surface area contributed by atoms with Crippen molar-refractivity contribution < 1.29 is 8.42 Å². The number of aryl methyl sites for hydroxylation is 1. The van der Waals surface area contributed by atoms with Crippen molar-refractivity contribution in [2.75, 3.05) is 0 Å². The van der Waals surface area contributed by atoms with E-state index in [2.05, 4.69) is 10.5 Å². The van der Waals surface area contributed by atoms with Crippen LogP contribution >= 0.6 is 0 Å². The lowest BCUT2D eigenvalue weighted by molar-refractivity contribution is 0.320. The van der Waals surface area contributed by atoms with Crippen molar-refractivity contribution in [1.82, 2.24) is 0 Å². The minimum atomic E-state index is -3.65. The van der Waals surface area contributed by atoms with Gasteiger partial charge < -0.3 is 0 Å². The number of rotatable bonds is 3. The molecule has 1 aromatic rings. The van der Waals surface area contributed by atoms with Gasteiger partial charge in [-0.1, -0.05) is 43.0 Å². The molecular weight excluding hydrogens is 342 g/mol. The van der Waals surface area contributed by atoms with Gasteiger partial charge in [-0.3, -0.25) is 0 Å². The molecule has 0 aromatic heterocycles. The van der Waals surface area contributed by atoms with E-state index in [1.807, 2.05) is 19.1 Å². The zero-order valence-corrected chi connectivity index (χ0v) is 16.3. The Kier molecular flexibility index (Phi) is 4.64. The Labute approximate surface area is 157 Å². The fourth-order valence-corrected chi connectivity index (χ4v) is 5.65. The van der Waals surface area contributed by atoms with E-state index in [1.165, 1.54) is 48.8 Å². The van der Waals surface area contributed by atoms with Crippen LogP contribution in [0.1, 0.15) is 63.4 Å². The topological polar surface area (TPSA) is 46.5 Å². The number of fused-ring (bicyclic) bond motifs is 1. The molecule has 138 valence electrons. The van der Waals surface area contributed by atoms with E-state index in [9.17, 15) is 8.42 Å². The van der Waals surface area contributed by atoms with Crippen LogP contribution in [0, 0.1) is 12.3 Å². The summed E-state index contributed by atoms with van der Waals surface area (Å²) in [4.78, 5) is 0.275. The fourth-order valence-electron chi connectivity index (χ4n) is 4.80. The number of sulfonamides is 1. The summed E-state index contributed by atoms with van der Waals surface area (Å²) in [5, 5.41) is 0. The molecule has 0 aliphatic heterocycles. The minimum absolute atomic E-state index is 0.0412. The van der Waals surface area contributed by atoms with Crippen molar-refractivity contribution in [3.8, 4) is 0 Å². The molecule has 3 aliphatic carbocycles. The Balaban J connectivity index is 1.70. The van der Waals surface area contributed by atoms with Crippen LogP contribution in [0.5, 0.6) is 0 Å². The second-order valence-corrected chi connectivity index (χ2v) is 9.64. The molecule has 0 N–H and O–H groups in total. The number of benzene rings is 1. The molecule has 26 heavy (non-hydrogen) atoms. The molecule has 3 nitrogen and oxygen atoms in total. The SMILES string of the molecule is Cc1ccc(S(=O)(=O)/N=C/C2=C3CCCCC3=CC23CCCCC3)cc1. The molecule has 4 heteroatoms. The van der Waals surface area contributed by atoms with Gasteiger partial charge in [-0.05, 0) is 74.3 Å². The molecule has 0 atom stereocenters. The summed E-state index contributed by atoms with van der Waals surface area (Å²) in [6.07, 6.45) is 14.8. The molecule has 0 heterocycles. The zero-order chi connectivity index (χ0) is 18.2. The van der Waals surface area contributed by atoms with E-state index in [0.29, 0.717) is 0 Å². The summed E-state index contributed by atoms with van der Waals surface area (Å²) >= 11 is 0. The molecular formula is C22H27NO2S. The van der Waals surface area contributed by atoms with Crippen LogP contribution < -0.4 is 0 Å². The third kappa shape index (κ3) is 3.20. The van der Waals surface area contributed by atoms with E-state index >= 15 is 0 Å². The van der Waals surface area contributed by atoms with Crippen LogP contribution in [-0.2, 0) is 10.0 Å². The highest BCUT2D eigenvalue weighted by molar-refractivity contribution is 7.90. The van der Waals surface area contributed by atoms with Crippen molar-refractivity contribution >= 4 is 16.2 Å². The average molecular weight is 370 g/mol. The summed E-state index contributed by atoms with van der Waals surface area (Å²) in [5.41, 5.74) is 5.14. The molecule has 0 amide bonds. The highest BCUT2D eigenvalue weighted by atomic mass is 32.2. The maximum absolute atomic E-state index is 12.7. The Morgan fingerprint density at radius 2 is 1.65 bits per heavy atom. The summed E-state index contributed by atoms with van der Waals surface area (Å²) in [7, 11) is -3.65. The van der Waals surface area contributed by atoms with Gasteiger partial charge in [0.1, 0.15) is 0 Å². The first-order chi connectivity index (χ1) is 12.5. The summed E-state index contributed by atoms with van der Waals surface area (Å²) in [5.74, 6) is 0. The quantitative estimate of drug-likeness (QED) is 0.659. The molecule has 1 spiro atoms. The smallest absolute Gasteiger partial charge is 0.199 e. The van der Waals surface area contributed by atoms with Gasteiger partial charge in [0.2, 0.25) is 0 Å². The predicted molar refractivity (Wildman–Crippen MR) is 106 cm³/mol. The Hall–Kier alpha value is -1.68. The van der Waals surface area contributed by atoms with Crippen LogP contribution in [0.4, 0.5) is 0 Å². The van der Waals surface area contributed by atoms with Crippen molar-refractivity contribution in [2.24, 2.45) is 9.81 Å². The van der Waals surface area contributed by atoms with E-state index < -0.39 is 10.0 Å². The largest absolute Gasteiger partial charge is 0.282 e. The van der Waals surface area contributed by atoms with Gasteiger partial charge in [0.15, 0.2) is 0 Å². The molecule has 0 radical (unpaired) electrons. The standard InChI is InChI=1S/C22H27NO2S/c1-17-9-11-19(12-10-17)26(24,25)23-16-21-20-8-4-3-7-18(20)15-22(21)13-5-2-6-14-22/h9-12,15-16H,2-8,13-14H2,1H3/b23-16+. The number of hydrogen-bond donors (Lipinski definition) is 0. The van der Waals surface area contributed by atoms with Gasteiger partial charge in [-0.15, -0.1) is 0 Å². The second-order valence-electron chi connectivity index (χ2n) is 8.01. The zero-order valence-electron chi connectivity index (χ0n) is 15.5. The number of nitrogens with zero attached hydrogens (tertiary/aromatic N) is 1. The molecule has 3 aliphatic rings. The number of hydrogen-bond acceptors (Lipinski definition) is 2. The maximum Gasteiger partial charge on any atom is 0.282 e. The van der Waals surface area contributed by atoms with Crippen LogP contribution in [0.25, 0.3) is 0 Å². The lowest BCUT2D eigenvalue weighted by Crippen LogP contribution is -2.24. The van der Waals surface area contributed by atoms with Gasteiger partial charge in [0.25, 0.3) is 10.0 Å². The molecule has 2 fully saturated rings. The van der Waals surface area contributed by atoms with Gasteiger partial charge in [-0.2, -0.15) is 12.8 Å². The van der Waals surface area contributed by atoms with Crippen LogP contribution in [0.3, 0.4) is 0 Å². The maximum atomic E-state index is 12.7. The highest BCUT2D eigenvalue weighted by Crippen LogP contribution is 2.53. The highest BCUT2D eigenvalue weighted by Gasteiger charge is 2.40. The van der Waals surface area contributed by atoms with Gasteiger partial charge in [-0.25, -0.2) is 0 Å². The first-order valence-electron chi connectivity index (χ1n) is 9.83. The lowest BCUT2D eigenvalue weighted by atomic mass is 9.70. The third-order valence-corrected chi connectivity index (χ3v) is 7.46. The van der Waals surface area contributed by atoms with Crippen molar-refractivity contribution in [3.05, 3.63) is 52.6 Å². The molecule has 4 rings (SSSR count). The molecule has 2 saturated carbocycles. The van der Waals surface area contributed by atoms with E-state index in [0.717, 1.165) is 31.2 Å². The summed E-state index contributed by atoms with van der Waals surface area (Å²) in [6, 6.07) is 6.94. The van der Waals surface area contributed by atoms with E-state index in [4.69, 9.17) is 0 Å². The Bertz CT molecular complexity index is 883. The van der Waals surface area contributed by atoms with Crippen molar-refractivity contribution in [2.45, 2.75) is 69.6 Å². The first kappa shape index (κ1) is 17.7. The van der Waals surface area contributed by atoms with Crippen LogP contribution in [-0.4, -0.2) is 14.6 Å². The number of allylic oxidation sites excluding steroid dienone is 4. The Morgan fingerprint density at radius 1 is 0.962 bits per heavy atom. The first-order valence-corrected chi connectivity index (χ1v) is 11.3. The van der Waals surface area contributed by atoms with E-state index in [-0.39, 0.29) is 10.3 Å². The molecule has 0 bridgehead atoms. The Morgan fingerprint density at radius 3 is 2.38 bits per heavy atom. The van der Waals surface area contributed by atoms with Gasteiger partial charge >= 0.3 is 0 Å². The van der Waals surface area contributed by atoms with Crippen molar-refractivity contribution in [3.63, 3.8) is 0 Å². The molecule has 0 unspecified atom stereocenters. The summed E-state index contributed by atoms with van der Waals surface area (Å²) < 4.78 is 29.5. The second kappa shape index (κ2) is 6.80.